The average molecular weight is 254 g/mol. The molecule has 18 heavy (non-hydrogen) atoms. The fourth-order valence-corrected chi connectivity index (χ4v) is 4.09. The lowest BCUT2D eigenvalue weighted by atomic mass is 9.72. The second-order valence-electron chi connectivity index (χ2n) is 6.90. The minimum atomic E-state index is -0.105. The smallest absolute Gasteiger partial charge is 0.0597 e. The summed E-state index contributed by atoms with van der Waals surface area (Å²) in [4.78, 5) is 0. The van der Waals surface area contributed by atoms with E-state index < -0.39 is 0 Å². The van der Waals surface area contributed by atoms with Crippen LogP contribution in [0.2, 0.25) is 0 Å². The standard InChI is InChI=1S/C16H30O2/c1-13(2)12-16(9-3-4-10-16)15(17)8-7-14-6-5-11-18-14/h13-15,17H,3-12H2,1-2H3. The molecular weight excluding hydrogens is 224 g/mol. The molecule has 1 heterocycles. The molecule has 0 aromatic heterocycles. The van der Waals surface area contributed by atoms with Crippen LogP contribution in [0.3, 0.4) is 0 Å². The SMILES string of the molecule is CC(C)CC1(C(O)CCC2CCCO2)CCCC1. The third-order valence-electron chi connectivity index (χ3n) is 4.91. The molecule has 0 amide bonds. The highest BCUT2D eigenvalue weighted by atomic mass is 16.5. The van der Waals surface area contributed by atoms with Gasteiger partial charge in [-0.2, -0.15) is 0 Å². The Bertz CT molecular complexity index is 237. The maximum atomic E-state index is 10.7. The van der Waals surface area contributed by atoms with E-state index >= 15 is 0 Å². The summed E-state index contributed by atoms with van der Waals surface area (Å²) in [5.41, 5.74) is 0.229. The third-order valence-corrected chi connectivity index (χ3v) is 4.91. The largest absolute Gasteiger partial charge is 0.393 e. The van der Waals surface area contributed by atoms with Crippen molar-refractivity contribution in [3.8, 4) is 0 Å². The molecule has 106 valence electrons. The van der Waals surface area contributed by atoms with E-state index in [4.69, 9.17) is 4.74 Å². The van der Waals surface area contributed by atoms with Crippen molar-refractivity contribution in [2.24, 2.45) is 11.3 Å². The lowest BCUT2D eigenvalue weighted by Crippen LogP contribution is -2.34. The van der Waals surface area contributed by atoms with E-state index in [2.05, 4.69) is 13.8 Å². The van der Waals surface area contributed by atoms with E-state index in [-0.39, 0.29) is 11.5 Å². The van der Waals surface area contributed by atoms with Gasteiger partial charge >= 0.3 is 0 Å². The summed E-state index contributed by atoms with van der Waals surface area (Å²) in [6.07, 6.45) is 11.0. The van der Waals surface area contributed by atoms with Gasteiger partial charge in [-0.25, -0.2) is 0 Å². The third kappa shape index (κ3) is 3.48. The van der Waals surface area contributed by atoms with Gasteiger partial charge < -0.3 is 9.84 Å². The van der Waals surface area contributed by atoms with Crippen LogP contribution in [0.1, 0.15) is 71.6 Å². The number of ether oxygens (including phenoxy) is 1. The molecule has 2 heteroatoms. The molecule has 2 nitrogen and oxygen atoms in total. The summed E-state index contributed by atoms with van der Waals surface area (Å²) in [5, 5.41) is 10.7. The van der Waals surface area contributed by atoms with Crippen molar-refractivity contribution < 1.29 is 9.84 Å². The highest BCUT2D eigenvalue weighted by molar-refractivity contribution is 4.91. The Balaban J connectivity index is 1.84. The second-order valence-corrected chi connectivity index (χ2v) is 6.90. The molecule has 0 aromatic carbocycles. The molecule has 1 aliphatic heterocycles. The Morgan fingerprint density at radius 1 is 1.22 bits per heavy atom. The molecule has 1 saturated heterocycles. The van der Waals surface area contributed by atoms with Gasteiger partial charge in [-0.1, -0.05) is 26.7 Å². The molecule has 2 fully saturated rings. The van der Waals surface area contributed by atoms with Crippen LogP contribution in [-0.2, 0) is 4.74 Å². The maximum Gasteiger partial charge on any atom is 0.0597 e. The van der Waals surface area contributed by atoms with Gasteiger partial charge in [0.15, 0.2) is 0 Å². The average Bonchev–Trinajstić information content (AvgIpc) is 2.96. The minimum Gasteiger partial charge on any atom is -0.393 e. The molecule has 0 radical (unpaired) electrons. The minimum absolute atomic E-state index is 0.105. The lowest BCUT2D eigenvalue weighted by Gasteiger charge is -2.36. The lowest BCUT2D eigenvalue weighted by molar-refractivity contribution is -0.00541. The highest BCUT2D eigenvalue weighted by Crippen LogP contribution is 2.47. The number of hydrogen-bond acceptors (Lipinski definition) is 2. The summed E-state index contributed by atoms with van der Waals surface area (Å²) in [7, 11) is 0. The molecule has 2 unspecified atom stereocenters. The first-order chi connectivity index (χ1) is 8.62. The number of rotatable bonds is 6. The summed E-state index contributed by atoms with van der Waals surface area (Å²) < 4.78 is 5.67. The van der Waals surface area contributed by atoms with Gasteiger partial charge in [-0.15, -0.1) is 0 Å². The molecule has 0 bridgehead atoms. The molecular formula is C16H30O2. The maximum absolute atomic E-state index is 10.7. The van der Waals surface area contributed by atoms with Crippen LogP contribution in [0.25, 0.3) is 0 Å². The number of aliphatic hydroxyl groups is 1. The van der Waals surface area contributed by atoms with Crippen LogP contribution < -0.4 is 0 Å². The molecule has 1 aliphatic carbocycles. The van der Waals surface area contributed by atoms with Crippen LogP contribution in [-0.4, -0.2) is 23.9 Å². The van der Waals surface area contributed by atoms with E-state index in [0.29, 0.717) is 12.0 Å². The van der Waals surface area contributed by atoms with Crippen LogP contribution in [0.5, 0.6) is 0 Å². The van der Waals surface area contributed by atoms with Gasteiger partial charge in [-0.3, -0.25) is 0 Å². The van der Waals surface area contributed by atoms with Crippen LogP contribution in [0.4, 0.5) is 0 Å². The zero-order valence-corrected chi connectivity index (χ0v) is 12.2. The Labute approximate surface area is 112 Å². The van der Waals surface area contributed by atoms with Crippen LogP contribution in [0.15, 0.2) is 0 Å². The Kier molecular flexibility index (Phi) is 5.08. The fraction of sp³-hybridized carbons (Fsp3) is 1.00. The summed E-state index contributed by atoms with van der Waals surface area (Å²) in [6.45, 7) is 5.50. The van der Waals surface area contributed by atoms with Gasteiger partial charge in [0.05, 0.1) is 12.2 Å². The Morgan fingerprint density at radius 3 is 2.50 bits per heavy atom. The summed E-state index contributed by atoms with van der Waals surface area (Å²) in [5.74, 6) is 0.695. The second kappa shape index (κ2) is 6.38. The number of aliphatic hydroxyl groups excluding tert-OH is 1. The van der Waals surface area contributed by atoms with E-state index in [1.54, 1.807) is 0 Å². The van der Waals surface area contributed by atoms with Crippen molar-refractivity contribution in [1.29, 1.82) is 0 Å². The first-order valence-corrected chi connectivity index (χ1v) is 7.92. The fourth-order valence-electron chi connectivity index (χ4n) is 4.09. The predicted molar refractivity (Wildman–Crippen MR) is 74.6 cm³/mol. The van der Waals surface area contributed by atoms with Gasteiger partial charge in [-0.05, 0) is 56.3 Å². The number of hydrogen-bond donors (Lipinski definition) is 1. The summed E-state index contributed by atoms with van der Waals surface area (Å²) >= 11 is 0. The molecule has 1 saturated carbocycles. The van der Waals surface area contributed by atoms with Crippen molar-refractivity contribution in [2.45, 2.75) is 83.8 Å². The van der Waals surface area contributed by atoms with E-state index in [1.165, 1.54) is 44.9 Å². The van der Waals surface area contributed by atoms with Crippen LogP contribution in [0, 0.1) is 11.3 Å². The van der Waals surface area contributed by atoms with Gasteiger partial charge in [0, 0.05) is 6.61 Å². The normalized spacial score (nSPS) is 29.0. The van der Waals surface area contributed by atoms with E-state index in [0.717, 1.165) is 19.4 Å². The van der Waals surface area contributed by atoms with Crippen molar-refractivity contribution in [3.63, 3.8) is 0 Å². The van der Waals surface area contributed by atoms with Crippen molar-refractivity contribution in [3.05, 3.63) is 0 Å². The highest BCUT2D eigenvalue weighted by Gasteiger charge is 2.40. The Hall–Kier alpha value is -0.0800. The molecule has 1 N–H and O–H groups in total. The van der Waals surface area contributed by atoms with Gasteiger partial charge in [0.1, 0.15) is 0 Å². The van der Waals surface area contributed by atoms with Gasteiger partial charge in [0.2, 0.25) is 0 Å². The molecule has 2 rings (SSSR count). The van der Waals surface area contributed by atoms with E-state index in [1.807, 2.05) is 0 Å². The summed E-state index contributed by atoms with van der Waals surface area (Å²) in [6, 6.07) is 0. The Morgan fingerprint density at radius 2 is 1.94 bits per heavy atom. The first-order valence-electron chi connectivity index (χ1n) is 7.92. The van der Waals surface area contributed by atoms with E-state index in [9.17, 15) is 5.11 Å². The van der Waals surface area contributed by atoms with Crippen molar-refractivity contribution in [1.82, 2.24) is 0 Å². The molecule has 0 aromatic rings. The van der Waals surface area contributed by atoms with Crippen LogP contribution >= 0.6 is 0 Å². The topological polar surface area (TPSA) is 29.5 Å². The van der Waals surface area contributed by atoms with Crippen molar-refractivity contribution >= 4 is 0 Å². The quantitative estimate of drug-likeness (QED) is 0.778. The monoisotopic (exact) mass is 254 g/mol. The zero-order valence-electron chi connectivity index (χ0n) is 12.2. The first kappa shape index (κ1) is 14.3. The molecule has 2 atom stereocenters. The molecule has 2 aliphatic rings. The van der Waals surface area contributed by atoms with Gasteiger partial charge in [0.25, 0.3) is 0 Å². The molecule has 0 spiro atoms. The van der Waals surface area contributed by atoms with Crippen molar-refractivity contribution in [2.75, 3.05) is 6.61 Å². The zero-order chi connectivity index (χ0) is 13.0. The predicted octanol–water partition coefficient (Wildman–Crippen LogP) is 3.91.